The van der Waals surface area contributed by atoms with E-state index in [9.17, 15) is 0 Å². The summed E-state index contributed by atoms with van der Waals surface area (Å²) in [6.07, 6.45) is 2.97. The molecule has 2 N–H and O–H groups in total. The molecule has 0 aliphatic carbocycles. The molecular weight excluding hydrogens is 98.1 g/mol. The van der Waals surface area contributed by atoms with Crippen molar-refractivity contribution in [2.24, 2.45) is 5.73 Å². The van der Waals surface area contributed by atoms with Gasteiger partial charge in [0.2, 0.25) is 0 Å². The number of hydrogen-bond acceptors (Lipinski definition) is 1. The highest BCUT2D eigenvalue weighted by Gasteiger charge is 1.89. The molecule has 0 heterocycles. The summed E-state index contributed by atoms with van der Waals surface area (Å²) in [6, 6.07) is 0. The fourth-order valence-corrected chi connectivity index (χ4v) is 0.617. The molecule has 0 aromatic rings. The van der Waals surface area contributed by atoms with Gasteiger partial charge in [-0.1, -0.05) is 19.6 Å². The SMILES string of the molecule is C=C(N)/C(=C/C)CC. The van der Waals surface area contributed by atoms with Gasteiger partial charge in [-0.05, 0) is 18.9 Å². The minimum absolute atomic E-state index is 0.690. The molecule has 0 amide bonds. The first-order valence-electron chi connectivity index (χ1n) is 2.82. The molecular formula is C7H13N. The average molecular weight is 111 g/mol. The molecule has 1 nitrogen and oxygen atoms in total. The summed E-state index contributed by atoms with van der Waals surface area (Å²) in [5.41, 5.74) is 7.23. The van der Waals surface area contributed by atoms with Gasteiger partial charge < -0.3 is 5.73 Å². The molecule has 0 rings (SSSR count). The lowest BCUT2D eigenvalue weighted by molar-refractivity contribution is 1.09. The number of hydrogen-bond donors (Lipinski definition) is 1. The molecule has 0 spiro atoms. The van der Waals surface area contributed by atoms with Gasteiger partial charge >= 0.3 is 0 Å². The molecule has 1 heteroatoms. The number of rotatable bonds is 2. The molecule has 0 unspecified atom stereocenters. The van der Waals surface area contributed by atoms with E-state index >= 15 is 0 Å². The quantitative estimate of drug-likeness (QED) is 0.540. The van der Waals surface area contributed by atoms with Gasteiger partial charge in [-0.25, -0.2) is 0 Å². The van der Waals surface area contributed by atoms with E-state index in [1.54, 1.807) is 0 Å². The first-order chi connectivity index (χ1) is 3.72. The molecule has 0 fully saturated rings. The zero-order chi connectivity index (χ0) is 6.57. The van der Waals surface area contributed by atoms with Crippen LogP contribution in [0.4, 0.5) is 0 Å². The predicted octanol–water partition coefficient (Wildman–Crippen LogP) is 1.82. The van der Waals surface area contributed by atoms with Crippen molar-refractivity contribution in [3.8, 4) is 0 Å². The molecule has 46 valence electrons. The monoisotopic (exact) mass is 111 g/mol. The predicted molar refractivity (Wildman–Crippen MR) is 37.4 cm³/mol. The van der Waals surface area contributed by atoms with Crippen molar-refractivity contribution in [1.82, 2.24) is 0 Å². The van der Waals surface area contributed by atoms with E-state index in [2.05, 4.69) is 13.5 Å². The first-order valence-corrected chi connectivity index (χ1v) is 2.82. The summed E-state index contributed by atoms with van der Waals surface area (Å²) in [6.45, 7) is 7.64. The van der Waals surface area contributed by atoms with Gasteiger partial charge in [-0.15, -0.1) is 0 Å². The molecule has 0 radical (unpaired) electrons. The lowest BCUT2D eigenvalue weighted by Crippen LogP contribution is -1.96. The Morgan fingerprint density at radius 3 is 2.25 bits per heavy atom. The number of allylic oxidation sites excluding steroid dienone is 2. The van der Waals surface area contributed by atoms with Gasteiger partial charge in [0.25, 0.3) is 0 Å². The second kappa shape index (κ2) is 3.30. The topological polar surface area (TPSA) is 26.0 Å². The van der Waals surface area contributed by atoms with Gasteiger partial charge in [0.05, 0.1) is 0 Å². The zero-order valence-corrected chi connectivity index (χ0v) is 5.57. The second-order valence-electron chi connectivity index (χ2n) is 1.69. The standard InChI is InChI=1S/C7H13N/c1-4-7(5-2)6(3)8/h4H,3,5,8H2,1-2H3/b7-4+. The molecule has 0 atom stereocenters. The Labute approximate surface area is 50.9 Å². The van der Waals surface area contributed by atoms with E-state index in [-0.39, 0.29) is 0 Å². The second-order valence-corrected chi connectivity index (χ2v) is 1.69. The minimum atomic E-state index is 0.690. The third-order valence-electron chi connectivity index (χ3n) is 1.14. The molecule has 0 aliphatic heterocycles. The summed E-state index contributed by atoms with van der Waals surface area (Å²) >= 11 is 0. The van der Waals surface area contributed by atoms with E-state index in [1.165, 1.54) is 0 Å². The highest BCUT2D eigenvalue weighted by Crippen LogP contribution is 2.04. The van der Waals surface area contributed by atoms with E-state index in [1.807, 2.05) is 13.0 Å². The third kappa shape index (κ3) is 1.82. The Morgan fingerprint density at radius 1 is 1.75 bits per heavy atom. The van der Waals surface area contributed by atoms with Gasteiger partial charge in [0.1, 0.15) is 0 Å². The van der Waals surface area contributed by atoms with Crippen LogP contribution < -0.4 is 5.73 Å². The van der Waals surface area contributed by atoms with Crippen LogP contribution in [0.3, 0.4) is 0 Å². The highest BCUT2D eigenvalue weighted by atomic mass is 14.6. The van der Waals surface area contributed by atoms with Gasteiger partial charge in [0, 0.05) is 5.70 Å². The van der Waals surface area contributed by atoms with Gasteiger partial charge in [-0.3, -0.25) is 0 Å². The van der Waals surface area contributed by atoms with Crippen molar-refractivity contribution in [1.29, 1.82) is 0 Å². The van der Waals surface area contributed by atoms with Crippen LogP contribution in [-0.4, -0.2) is 0 Å². The summed E-state index contributed by atoms with van der Waals surface area (Å²) < 4.78 is 0. The van der Waals surface area contributed by atoms with Crippen molar-refractivity contribution in [3.05, 3.63) is 23.9 Å². The smallest absolute Gasteiger partial charge is 0.0270 e. The van der Waals surface area contributed by atoms with Crippen molar-refractivity contribution in [2.45, 2.75) is 20.3 Å². The molecule has 0 saturated carbocycles. The molecule has 0 saturated heterocycles. The Kier molecular flexibility index (Phi) is 3.01. The van der Waals surface area contributed by atoms with Crippen LogP contribution in [0.25, 0.3) is 0 Å². The molecule has 8 heavy (non-hydrogen) atoms. The van der Waals surface area contributed by atoms with Crippen molar-refractivity contribution < 1.29 is 0 Å². The van der Waals surface area contributed by atoms with E-state index in [0.717, 1.165) is 12.0 Å². The Balaban J connectivity index is 3.92. The summed E-state index contributed by atoms with van der Waals surface area (Å²) in [5.74, 6) is 0. The van der Waals surface area contributed by atoms with E-state index in [0.29, 0.717) is 5.70 Å². The van der Waals surface area contributed by atoms with Crippen LogP contribution in [0.15, 0.2) is 23.9 Å². The molecule has 0 aromatic heterocycles. The summed E-state index contributed by atoms with van der Waals surface area (Å²) in [7, 11) is 0. The summed E-state index contributed by atoms with van der Waals surface area (Å²) in [4.78, 5) is 0. The fraction of sp³-hybridized carbons (Fsp3) is 0.429. The Morgan fingerprint density at radius 2 is 2.25 bits per heavy atom. The maximum atomic E-state index is 5.39. The maximum Gasteiger partial charge on any atom is 0.0270 e. The van der Waals surface area contributed by atoms with Gasteiger partial charge in [0.15, 0.2) is 0 Å². The lowest BCUT2D eigenvalue weighted by Gasteiger charge is -1.98. The van der Waals surface area contributed by atoms with Crippen LogP contribution in [-0.2, 0) is 0 Å². The van der Waals surface area contributed by atoms with Crippen LogP contribution in [0.5, 0.6) is 0 Å². The Bertz CT molecular complexity index is 112. The van der Waals surface area contributed by atoms with E-state index < -0.39 is 0 Å². The average Bonchev–Trinajstić information content (AvgIpc) is 1.69. The Hall–Kier alpha value is -0.720. The number of nitrogens with two attached hydrogens (primary N) is 1. The molecule has 0 aliphatic rings. The van der Waals surface area contributed by atoms with Gasteiger partial charge in [-0.2, -0.15) is 0 Å². The largest absolute Gasteiger partial charge is 0.399 e. The van der Waals surface area contributed by atoms with Crippen molar-refractivity contribution >= 4 is 0 Å². The van der Waals surface area contributed by atoms with Crippen molar-refractivity contribution in [3.63, 3.8) is 0 Å². The third-order valence-corrected chi connectivity index (χ3v) is 1.14. The van der Waals surface area contributed by atoms with Crippen LogP contribution >= 0.6 is 0 Å². The summed E-state index contributed by atoms with van der Waals surface area (Å²) in [5, 5.41) is 0. The normalized spacial score (nSPS) is 11.5. The van der Waals surface area contributed by atoms with Crippen LogP contribution in [0.1, 0.15) is 20.3 Å². The minimum Gasteiger partial charge on any atom is -0.399 e. The molecule has 0 aromatic carbocycles. The molecule has 0 bridgehead atoms. The van der Waals surface area contributed by atoms with E-state index in [4.69, 9.17) is 5.73 Å². The highest BCUT2D eigenvalue weighted by molar-refractivity contribution is 5.23. The fourth-order valence-electron chi connectivity index (χ4n) is 0.617. The van der Waals surface area contributed by atoms with Crippen LogP contribution in [0, 0.1) is 0 Å². The zero-order valence-electron chi connectivity index (χ0n) is 5.57. The lowest BCUT2D eigenvalue weighted by atomic mass is 10.1. The van der Waals surface area contributed by atoms with Crippen LogP contribution in [0.2, 0.25) is 0 Å². The van der Waals surface area contributed by atoms with Crippen molar-refractivity contribution in [2.75, 3.05) is 0 Å². The maximum absolute atomic E-state index is 5.39. The first kappa shape index (κ1) is 7.28.